The molecule has 1 saturated heterocycles. The van der Waals surface area contributed by atoms with Gasteiger partial charge in [-0.05, 0) is 32.6 Å². The van der Waals surface area contributed by atoms with Crippen molar-refractivity contribution in [1.29, 1.82) is 0 Å². The minimum Gasteiger partial charge on any atom is -0.481 e. The SMILES string of the molecule is C=CCC1(C(=O)N2CCC(C(=O)O)C2C)CCC1. The number of carboxylic acids is 1. The zero-order valence-corrected chi connectivity index (χ0v) is 10.9. The van der Waals surface area contributed by atoms with Crippen LogP contribution in [0.4, 0.5) is 0 Å². The van der Waals surface area contributed by atoms with Crippen LogP contribution in [0.5, 0.6) is 0 Å². The van der Waals surface area contributed by atoms with Crippen molar-refractivity contribution in [3.8, 4) is 0 Å². The van der Waals surface area contributed by atoms with Crippen LogP contribution in [-0.4, -0.2) is 34.5 Å². The summed E-state index contributed by atoms with van der Waals surface area (Å²) >= 11 is 0. The molecule has 4 heteroatoms. The van der Waals surface area contributed by atoms with E-state index in [1.165, 1.54) is 0 Å². The molecule has 1 N–H and O–H groups in total. The molecule has 1 aliphatic carbocycles. The minimum atomic E-state index is -0.788. The van der Waals surface area contributed by atoms with Crippen molar-refractivity contribution in [2.75, 3.05) is 6.54 Å². The van der Waals surface area contributed by atoms with E-state index >= 15 is 0 Å². The summed E-state index contributed by atoms with van der Waals surface area (Å²) in [6, 6.07) is -0.183. The van der Waals surface area contributed by atoms with Crippen LogP contribution in [0.2, 0.25) is 0 Å². The van der Waals surface area contributed by atoms with Crippen molar-refractivity contribution in [1.82, 2.24) is 4.90 Å². The Morgan fingerprint density at radius 1 is 1.50 bits per heavy atom. The van der Waals surface area contributed by atoms with E-state index in [-0.39, 0.29) is 17.4 Å². The van der Waals surface area contributed by atoms with Crippen LogP contribution in [-0.2, 0) is 9.59 Å². The first-order chi connectivity index (χ1) is 8.52. The number of likely N-dealkylation sites (tertiary alicyclic amines) is 1. The highest BCUT2D eigenvalue weighted by Crippen LogP contribution is 2.47. The molecule has 1 saturated carbocycles. The molecule has 2 unspecified atom stereocenters. The quantitative estimate of drug-likeness (QED) is 0.778. The summed E-state index contributed by atoms with van der Waals surface area (Å²) in [6.45, 7) is 6.16. The van der Waals surface area contributed by atoms with Crippen molar-refractivity contribution in [2.24, 2.45) is 11.3 Å². The number of amides is 1. The highest BCUT2D eigenvalue weighted by molar-refractivity contribution is 5.85. The van der Waals surface area contributed by atoms with E-state index in [9.17, 15) is 9.59 Å². The van der Waals surface area contributed by atoms with Gasteiger partial charge in [-0.1, -0.05) is 12.5 Å². The van der Waals surface area contributed by atoms with Gasteiger partial charge in [0, 0.05) is 12.6 Å². The van der Waals surface area contributed by atoms with E-state index in [1.54, 1.807) is 4.90 Å². The van der Waals surface area contributed by atoms with Crippen LogP contribution >= 0.6 is 0 Å². The first-order valence-electron chi connectivity index (χ1n) is 6.66. The van der Waals surface area contributed by atoms with Crippen molar-refractivity contribution >= 4 is 11.9 Å². The second kappa shape index (κ2) is 4.75. The van der Waals surface area contributed by atoms with E-state index < -0.39 is 11.9 Å². The standard InChI is InChI=1S/C14H21NO3/c1-3-6-14(7-4-8-14)13(18)15-9-5-11(10(15)2)12(16)17/h3,10-11H,1,4-9H2,2H3,(H,16,17). The van der Waals surface area contributed by atoms with Crippen molar-refractivity contribution in [3.05, 3.63) is 12.7 Å². The molecule has 1 aliphatic heterocycles. The average molecular weight is 251 g/mol. The summed E-state index contributed by atoms with van der Waals surface area (Å²) < 4.78 is 0. The Morgan fingerprint density at radius 3 is 2.56 bits per heavy atom. The van der Waals surface area contributed by atoms with Crippen molar-refractivity contribution in [2.45, 2.75) is 45.1 Å². The smallest absolute Gasteiger partial charge is 0.308 e. The molecule has 1 amide bonds. The minimum absolute atomic E-state index is 0.143. The fourth-order valence-corrected chi connectivity index (χ4v) is 3.25. The number of carboxylic acid groups (broad SMARTS) is 1. The Kier molecular flexibility index (Phi) is 3.46. The first kappa shape index (κ1) is 13.1. The predicted molar refractivity (Wildman–Crippen MR) is 68.0 cm³/mol. The molecule has 2 aliphatic rings. The Labute approximate surface area is 108 Å². The number of rotatable bonds is 4. The lowest BCUT2D eigenvalue weighted by Crippen LogP contribution is -2.49. The number of hydrogen-bond acceptors (Lipinski definition) is 2. The number of allylic oxidation sites excluding steroid dienone is 1. The van der Waals surface area contributed by atoms with Gasteiger partial charge in [0.15, 0.2) is 0 Å². The zero-order valence-electron chi connectivity index (χ0n) is 10.9. The predicted octanol–water partition coefficient (Wildman–Crippen LogP) is 2.05. The van der Waals surface area contributed by atoms with E-state index in [1.807, 2.05) is 13.0 Å². The van der Waals surface area contributed by atoms with E-state index in [4.69, 9.17) is 5.11 Å². The fourth-order valence-electron chi connectivity index (χ4n) is 3.25. The lowest BCUT2D eigenvalue weighted by Gasteiger charge is -2.43. The maximum atomic E-state index is 12.6. The van der Waals surface area contributed by atoms with Gasteiger partial charge in [-0.25, -0.2) is 0 Å². The molecule has 0 spiro atoms. The Morgan fingerprint density at radius 2 is 2.17 bits per heavy atom. The van der Waals surface area contributed by atoms with Gasteiger partial charge in [-0.2, -0.15) is 0 Å². The molecule has 0 aromatic rings. The highest BCUT2D eigenvalue weighted by Gasteiger charge is 2.49. The van der Waals surface area contributed by atoms with Gasteiger partial charge in [-0.15, -0.1) is 6.58 Å². The van der Waals surface area contributed by atoms with Crippen molar-refractivity contribution < 1.29 is 14.7 Å². The summed E-state index contributed by atoms with van der Waals surface area (Å²) in [6.07, 6.45) is 6.02. The van der Waals surface area contributed by atoms with E-state index in [0.29, 0.717) is 19.4 Å². The molecule has 4 nitrogen and oxygen atoms in total. The molecule has 0 aromatic heterocycles. The number of carbonyl (C=O) groups is 2. The molecule has 0 bridgehead atoms. The van der Waals surface area contributed by atoms with Gasteiger partial charge in [0.1, 0.15) is 0 Å². The van der Waals surface area contributed by atoms with Gasteiger partial charge in [0.25, 0.3) is 0 Å². The molecular formula is C14H21NO3. The number of nitrogens with zero attached hydrogens (tertiary/aromatic N) is 1. The maximum Gasteiger partial charge on any atom is 0.308 e. The Balaban J connectivity index is 2.10. The van der Waals surface area contributed by atoms with Gasteiger partial charge >= 0.3 is 5.97 Å². The maximum absolute atomic E-state index is 12.6. The summed E-state index contributed by atoms with van der Waals surface area (Å²) in [4.78, 5) is 25.5. The number of carbonyl (C=O) groups excluding carboxylic acids is 1. The summed E-state index contributed by atoms with van der Waals surface area (Å²) in [7, 11) is 0. The second-order valence-electron chi connectivity index (χ2n) is 5.60. The lowest BCUT2D eigenvalue weighted by molar-refractivity contribution is -0.149. The molecule has 2 rings (SSSR count). The van der Waals surface area contributed by atoms with E-state index in [2.05, 4.69) is 6.58 Å². The summed E-state index contributed by atoms with van der Waals surface area (Å²) in [5, 5.41) is 9.11. The topological polar surface area (TPSA) is 57.6 Å². The van der Waals surface area contributed by atoms with Gasteiger partial charge < -0.3 is 10.0 Å². The average Bonchev–Trinajstić information content (AvgIpc) is 2.64. The summed E-state index contributed by atoms with van der Waals surface area (Å²) in [5.74, 6) is -1.05. The Bertz CT molecular complexity index is 373. The van der Waals surface area contributed by atoms with Gasteiger partial charge in [0.05, 0.1) is 11.3 Å². The highest BCUT2D eigenvalue weighted by atomic mass is 16.4. The van der Waals surface area contributed by atoms with Crippen LogP contribution in [0.3, 0.4) is 0 Å². The van der Waals surface area contributed by atoms with Crippen LogP contribution < -0.4 is 0 Å². The number of aliphatic carboxylic acids is 1. The monoisotopic (exact) mass is 251 g/mol. The second-order valence-corrected chi connectivity index (χ2v) is 5.60. The van der Waals surface area contributed by atoms with E-state index in [0.717, 1.165) is 19.3 Å². The van der Waals surface area contributed by atoms with Crippen LogP contribution in [0, 0.1) is 11.3 Å². The molecule has 1 heterocycles. The van der Waals surface area contributed by atoms with Gasteiger partial charge in [-0.3, -0.25) is 9.59 Å². The fraction of sp³-hybridized carbons (Fsp3) is 0.714. The zero-order chi connectivity index (χ0) is 13.3. The molecule has 2 atom stereocenters. The third kappa shape index (κ3) is 1.93. The third-order valence-electron chi connectivity index (χ3n) is 4.63. The first-order valence-corrected chi connectivity index (χ1v) is 6.66. The molecule has 2 fully saturated rings. The lowest BCUT2D eigenvalue weighted by atomic mass is 9.65. The normalized spacial score (nSPS) is 29.7. The molecule has 0 aromatic carbocycles. The molecule has 18 heavy (non-hydrogen) atoms. The summed E-state index contributed by atoms with van der Waals surface area (Å²) in [5.41, 5.74) is -0.274. The largest absolute Gasteiger partial charge is 0.481 e. The molecular weight excluding hydrogens is 230 g/mol. The molecule has 0 radical (unpaired) electrons. The van der Waals surface area contributed by atoms with Crippen LogP contribution in [0.15, 0.2) is 12.7 Å². The molecule has 100 valence electrons. The van der Waals surface area contributed by atoms with Gasteiger partial charge in [0.2, 0.25) is 5.91 Å². The number of hydrogen-bond donors (Lipinski definition) is 1. The Hall–Kier alpha value is -1.32. The van der Waals surface area contributed by atoms with Crippen molar-refractivity contribution in [3.63, 3.8) is 0 Å². The van der Waals surface area contributed by atoms with Crippen LogP contribution in [0.25, 0.3) is 0 Å². The van der Waals surface area contributed by atoms with Crippen LogP contribution in [0.1, 0.15) is 39.0 Å². The third-order valence-corrected chi connectivity index (χ3v) is 4.63.